The Morgan fingerprint density at radius 3 is 3.24 bits per heavy atom. The summed E-state index contributed by atoms with van der Waals surface area (Å²) in [5, 5.41) is 4.24. The number of nitrogens with one attached hydrogen (secondary N) is 1. The molecule has 0 spiro atoms. The van der Waals surface area contributed by atoms with Crippen LogP contribution in [0, 0.1) is 6.92 Å². The largest absolute Gasteiger partial charge is 0.368 e. The maximum absolute atomic E-state index is 10.4. The van der Waals surface area contributed by atoms with E-state index in [1.54, 1.807) is 10.7 Å². The highest BCUT2D eigenvalue weighted by atomic mass is 16.6. The molecule has 7 heteroatoms. The lowest BCUT2D eigenvalue weighted by Crippen LogP contribution is -2.24. The van der Waals surface area contributed by atoms with Crippen molar-refractivity contribution in [2.75, 3.05) is 6.61 Å². The quantitative estimate of drug-likeness (QED) is 0.540. The summed E-state index contributed by atoms with van der Waals surface area (Å²) in [5.41, 5.74) is 10.1. The highest BCUT2D eigenvalue weighted by Gasteiger charge is 2.01. The van der Waals surface area contributed by atoms with Crippen LogP contribution < -0.4 is 11.2 Å². The van der Waals surface area contributed by atoms with Crippen LogP contribution in [-0.2, 0) is 16.2 Å². The van der Waals surface area contributed by atoms with E-state index in [0.717, 1.165) is 16.9 Å². The number of hydrogen-bond acceptors (Lipinski definition) is 5. The summed E-state index contributed by atoms with van der Waals surface area (Å²) in [6.07, 6.45) is 3.56. The van der Waals surface area contributed by atoms with Gasteiger partial charge >= 0.3 is 0 Å². The molecule has 0 bridgehead atoms. The lowest BCUT2D eigenvalue weighted by Gasteiger charge is -2.04. The normalized spacial score (nSPS) is 10.9. The first-order chi connectivity index (χ1) is 8.15. The molecule has 2 aromatic rings. The summed E-state index contributed by atoms with van der Waals surface area (Å²) >= 11 is 0. The van der Waals surface area contributed by atoms with E-state index >= 15 is 0 Å². The molecule has 0 aliphatic rings. The third-order valence-corrected chi connectivity index (χ3v) is 2.08. The standard InChI is InChI=1S/C10H13N5O2/c1-7-2-10-12-3-8(5-15(10)14-7)4-13-17-6-9(11)16/h2-3,5,13H,4,6H2,1H3,(H2,11,16). The predicted molar refractivity (Wildman–Crippen MR) is 59.7 cm³/mol. The van der Waals surface area contributed by atoms with Crippen LogP contribution in [0.5, 0.6) is 0 Å². The number of aromatic nitrogens is 3. The van der Waals surface area contributed by atoms with Gasteiger partial charge in [0.25, 0.3) is 0 Å². The van der Waals surface area contributed by atoms with Crippen LogP contribution in [0.15, 0.2) is 18.5 Å². The van der Waals surface area contributed by atoms with E-state index in [1.807, 2.05) is 19.2 Å². The molecule has 0 saturated carbocycles. The number of amides is 1. The van der Waals surface area contributed by atoms with E-state index in [4.69, 9.17) is 10.6 Å². The van der Waals surface area contributed by atoms with Crippen molar-refractivity contribution in [3.8, 4) is 0 Å². The number of fused-ring (bicyclic) bond motifs is 1. The van der Waals surface area contributed by atoms with Crippen molar-refractivity contribution in [2.45, 2.75) is 13.5 Å². The second kappa shape index (κ2) is 4.89. The fourth-order valence-electron chi connectivity index (χ4n) is 1.38. The minimum Gasteiger partial charge on any atom is -0.368 e. The number of carbonyl (C=O) groups is 1. The molecule has 90 valence electrons. The molecule has 2 rings (SSSR count). The number of primary amides is 1. The minimum atomic E-state index is -0.520. The second-order valence-electron chi connectivity index (χ2n) is 3.63. The zero-order chi connectivity index (χ0) is 12.3. The van der Waals surface area contributed by atoms with Gasteiger partial charge in [-0.15, -0.1) is 0 Å². The fourth-order valence-corrected chi connectivity index (χ4v) is 1.38. The third kappa shape index (κ3) is 2.99. The van der Waals surface area contributed by atoms with Crippen molar-refractivity contribution >= 4 is 11.6 Å². The van der Waals surface area contributed by atoms with Gasteiger partial charge in [-0.2, -0.15) is 10.6 Å². The Kier molecular flexibility index (Phi) is 3.31. The van der Waals surface area contributed by atoms with Gasteiger partial charge in [0.2, 0.25) is 5.91 Å². The number of hydroxylamine groups is 1. The van der Waals surface area contributed by atoms with Crippen molar-refractivity contribution in [1.82, 2.24) is 20.1 Å². The summed E-state index contributed by atoms with van der Waals surface area (Å²) in [4.78, 5) is 19.5. The van der Waals surface area contributed by atoms with Gasteiger partial charge in [-0.25, -0.2) is 9.50 Å². The number of nitrogens with two attached hydrogens (primary N) is 1. The van der Waals surface area contributed by atoms with E-state index in [9.17, 15) is 4.79 Å². The minimum absolute atomic E-state index is 0.156. The van der Waals surface area contributed by atoms with Crippen LogP contribution in [0.1, 0.15) is 11.3 Å². The molecule has 0 aromatic carbocycles. The highest BCUT2D eigenvalue weighted by molar-refractivity contribution is 5.74. The van der Waals surface area contributed by atoms with Crippen LogP contribution in [0.3, 0.4) is 0 Å². The van der Waals surface area contributed by atoms with Crippen LogP contribution in [0.4, 0.5) is 0 Å². The molecular weight excluding hydrogens is 222 g/mol. The van der Waals surface area contributed by atoms with Crippen LogP contribution in [0.2, 0.25) is 0 Å². The molecule has 2 heterocycles. The Morgan fingerprint density at radius 1 is 1.65 bits per heavy atom. The van der Waals surface area contributed by atoms with Crippen LogP contribution >= 0.6 is 0 Å². The summed E-state index contributed by atoms with van der Waals surface area (Å²) in [6, 6.07) is 1.89. The van der Waals surface area contributed by atoms with Crippen molar-refractivity contribution < 1.29 is 9.63 Å². The van der Waals surface area contributed by atoms with Gasteiger partial charge in [0, 0.05) is 30.6 Å². The van der Waals surface area contributed by atoms with Gasteiger partial charge in [0.1, 0.15) is 6.61 Å². The monoisotopic (exact) mass is 235 g/mol. The molecule has 0 unspecified atom stereocenters. The SMILES string of the molecule is Cc1cc2ncc(CNOCC(N)=O)cn2n1. The molecule has 0 radical (unpaired) electrons. The molecule has 0 aliphatic heterocycles. The van der Waals surface area contributed by atoms with Gasteiger partial charge < -0.3 is 5.73 Å². The summed E-state index contributed by atoms with van der Waals surface area (Å²) in [6.45, 7) is 2.17. The first-order valence-electron chi connectivity index (χ1n) is 5.09. The van der Waals surface area contributed by atoms with Crippen LogP contribution in [-0.4, -0.2) is 27.1 Å². The molecule has 0 aliphatic carbocycles. The Labute approximate surface area is 97.5 Å². The second-order valence-corrected chi connectivity index (χ2v) is 3.63. The highest BCUT2D eigenvalue weighted by Crippen LogP contribution is 2.04. The molecule has 0 saturated heterocycles. The van der Waals surface area contributed by atoms with E-state index in [2.05, 4.69) is 15.6 Å². The predicted octanol–water partition coefficient (Wildman–Crippen LogP) is -0.456. The topological polar surface area (TPSA) is 94.5 Å². The van der Waals surface area contributed by atoms with Crippen molar-refractivity contribution in [3.05, 3.63) is 29.7 Å². The maximum atomic E-state index is 10.4. The molecule has 1 amide bonds. The first kappa shape index (κ1) is 11.5. The van der Waals surface area contributed by atoms with Crippen molar-refractivity contribution in [2.24, 2.45) is 5.73 Å². The maximum Gasteiger partial charge on any atom is 0.245 e. The average molecular weight is 235 g/mol. The smallest absolute Gasteiger partial charge is 0.245 e. The Balaban J connectivity index is 1.96. The van der Waals surface area contributed by atoms with E-state index < -0.39 is 5.91 Å². The van der Waals surface area contributed by atoms with E-state index in [-0.39, 0.29) is 6.61 Å². The molecule has 0 fully saturated rings. The Morgan fingerprint density at radius 2 is 2.47 bits per heavy atom. The zero-order valence-electron chi connectivity index (χ0n) is 9.38. The summed E-state index contributed by atoms with van der Waals surface area (Å²) in [5.74, 6) is -0.520. The molecule has 3 N–H and O–H groups in total. The van der Waals surface area contributed by atoms with Crippen LogP contribution in [0.25, 0.3) is 5.65 Å². The zero-order valence-corrected chi connectivity index (χ0v) is 9.38. The molecular formula is C10H13N5O2. The van der Waals surface area contributed by atoms with E-state index in [0.29, 0.717) is 6.54 Å². The Bertz CT molecular complexity index is 536. The fraction of sp³-hybridized carbons (Fsp3) is 0.300. The lowest BCUT2D eigenvalue weighted by atomic mass is 10.3. The molecule has 2 aromatic heterocycles. The number of rotatable bonds is 5. The first-order valence-corrected chi connectivity index (χ1v) is 5.09. The average Bonchev–Trinajstić information content (AvgIpc) is 2.63. The summed E-state index contributed by atoms with van der Waals surface area (Å²) in [7, 11) is 0. The molecule has 7 nitrogen and oxygen atoms in total. The van der Waals surface area contributed by atoms with E-state index in [1.165, 1.54) is 0 Å². The summed E-state index contributed by atoms with van der Waals surface area (Å²) < 4.78 is 1.69. The van der Waals surface area contributed by atoms with Crippen molar-refractivity contribution in [3.63, 3.8) is 0 Å². The van der Waals surface area contributed by atoms with Gasteiger partial charge in [-0.1, -0.05) is 0 Å². The number of nitrogens with zero attached hydrogens (tertiary/aromatic N) is 3. The number of hydrogen-bond donors (Lipinski definition) is 2. The number of aryl methyl sites for hydroxylation is 1. The molecule has 0 atom stereocenters. The van der Waals surface area contributed by atoms with Gasteiger partial charge in [-0.3, -0.25) is 9.63 Å². The van der Waals surface area contributed by atoms with Crippen molar-refractivity contribution in [1.29, 1.82) is 0 Å². The third-order valence-electron chi connectivity index (χ3n) is 2.08. The number of carbonyl (C=O) groups excluding carboxylic acids is 1. The van der Waals surface area contributed by atoms with Gasteiger partial charge in [0.05, 0.1) is 5.69 Å². The molecule has 17 heavy (non-hydrogen) atoms. The van der Waals surface area contributed by atoms with Gasteiger partial charge in [0.15, 0.2) is 5.65 Å². The van der Waals surface area contributed by atoms with Gasteiger partial charge in [-0.05, 0) is 6.92 Å². The Hall–Kier alpha value is -1.99. The lowest BCUT2D eigenvalue weighted by molar-refractivity contribution is -0.125.